The second kappa shape index (κ2) is 6.23. The lowest BCUT2D eigenvalue weighted by atomic mass is 10.1. The average Bonchev–Trinajstić information content (AvgIpc) is 2.47. The molecule has 0 aliphatic carbocycles. The second-order valence-corrected chi connectivity index (χ2v) is 4.87. The van der Waals surface area contributed by atoms with E-state index in [1.165, 1.54) is 0 Å². The van der Waals surface area contributed by atoms with Crippen LogP contribution in [0.1, 0.15) is 31.1 Å². The summed E-state index contributed by atoms with van der Waals surface area (Å²) in [6.07, 6.45) is 0.941. The van der Waals surface area contributed by atoms with Crippen molar-refractivity contribution < 1.29 is 22.7 Å². The lowest BCUT2D eigenvalue weighted by Gasteiger charge is -2.11. The molecular weight excluding hydrogens is 313 g/mol. The number of carbonyl (C=O) groups is 1. The van der Waals surface area contributed by atoms with Crippen LogP contribution in [0.2, 0.25) is 0 Å². The number of esters is 1. The van der Waals surface area contributed by atoms with E-state index in [0.29, 0.717) is 11.8 Å². The van der Waals surface area contributed by atoms with E-state index in [2.05, 4.69) is 5.10 Å². The van der Waals surface area contributed by atoms with Crippen molar-refractivity contribution in [3.05, 3.63) is 45.5 Å². The largest absolute Gasteiger partial charge is 0.462 e. The van der Waals surface area contributed by atoms with E-state index >= 15 is 0 Å². The van der Waals surface area contributed by atoms with Crippen LogP contribution in [0, 0.1) is 17.5 Å². The molecule has 0 saturated carbocycles. The van der Waals surface area contributed by atoms with Crippen LogP contribution in [0.15, 0.2) is 22.2 Å². The molecule has 1 heterocycles. The minimum absolute atomic E-state index is 0.0124. The van der Waals surface area contributed by atoms with Gasteiger partial charge in [0.05, 0.1) is 12.0 Å². The van der Waals surface area contributed by atoms with Crippen molar-refractivity contribution in [3.63, 3.8) is 0 Å². The highest BCUT2D eigenvalue weighted by Crippen LogP contribution is 2.22. The second-order valence-electron chi connectivity index (χ2n) is 4.87. The summed E-state index contributed by atoms with van der Waals surface area (Å²) in [6, 6.07) is 0.538. The summed E-state index contributed by atoms with van der Waals surface area (Å²) in [7, 11) is 0. The standard InChI is InChI=1S/C15H13F3N2O3/c1-4-23-15(22)9-6-20(19-7(2)3)13-8(14(9)21)5-10(16)11(17)12(13)18/h5-6H,4H2,1-3H3. The van der Waals surface area contributed by atoms with E-state index in [1.54, 1.807) is 20.8 Å². The van der Waals surface area contributed by atoms with Crippen LogP contribution in [-0.4, -0.2) is 23.0 Å². The van der Waals surface area contributed by atoms with Gasteiger partial charge >= 0.3 is 5.97 Å². The molecule has 2 aromatic rings. The first kappa shape index (κ1) is 16.7. The number of hydrogen-bond donors (Lipinski definition) is 0. The number of rotatable bonds is 3. The first-order valence-corrected chi connectivity index (χ1v) is 6.70. The van der Waals surface area contributed by atoms with Crippen molar-refractivity contribution in [2.45, 2.75) is 20.8 Å². The normalized spacial score (nSPS) is 10.7. The Balaban J connectivity index is 2.98. The predicted molar refractivity (Wildman–Crippen MR) is 78.2 cm³/mol. The summed E-state index contributed by atoms with van der Waals surface area (Å²) < 4.78 is 46.6. The predicted octanol–water partition coefficient (Wildman–Crippen LogP) is 2.84. The maximum atomic E-state index is 14.1. The van der Waals surface area contributed by atoms with Gasteiger partial charge in [0.25, 0.3) is 0 Å². The number of aromatic nitrogens is 1. The molecule has 1 aromatic carbocycles. The van der Waals surface area contributed by atoms with Crippen LogP contribution in [0.25, 0.3) is 10.9 Å². The van der Waals surface area contributed by atoms with Crippen LogP contribution in [-0.2, 0) is 4.74 Å². The zero-order valence-electron chi connectivity index (χ0n) is 12.6. The van der Waals surface area contributed by atoms with E-state index in [4.69, 9.17) is 4.74 Å². The van der Waals surface area contributed by atoms with Gasteiger partial charge in [-0.2, -0.15) is 5.10 Å². The first-order chi connectivity index (χ1) is 10.8. The molecule has 0 N–H and O–H groups in total. The smallest absolute Gasteiger partial charge is 0.343 e. The molecule has 1 aromatic heterocycles. The van der Waals surface area contributed by atoms with Crippen molar-refractivity contribution in [3.8, 4) is 0 Å². The van der Waals surface area contributed by atoms with Gasteiger partial charge in [0.15, 0.2) is 17.5 Å². The quantitative estimate of drug-likeness (QED) is 0.495. The maximum absolute atomic E-state index is 14.1. The summed E-state index contributed by atoms with van der Waals surface area (Å²) in [5.74, 6) is -5.77. The minimum atomic E-state index is -1.72. The van der Waals surface area contributed by atoms with Gasteiger partial charge in [0, 0.05) is 11.9 Å². The number of nitrogens with zero attached hydrogens (tertiary/aromatic N) is 2. The summed E-state index contributed by atoms with van der Waals surface area (Å²) >= 11 is 0. The Bertz CT molecular complexity index is 884. The average molecular weight is 326 g/mol. The third kappa shape index (κ3) is 2.96. The molecule has 0 fully saturated rings. The summed E-state index contributed by atoms with van der Waals surface area (Å²) in [5, 5.41) is 3.42. The molecule has 0 bridgehead atoms. The van der Waals surface area contributed by atoms with Crippen molar-refractivity contribution >= 4 is 22.6 Å². The topological polar surface area (TPSA) is 60.7 Å². The van der Waals surface area contributed by atoms with Gasteiger partial charge in [0.1, 0.15) is 11.1 Å². The Hall–Kier alpha value is -2.64. The Labute approximate surface area is 129 Å². The summed E-state index contributed by atoms with van der Waals surface area (Å²) in [5.41, 5.74) is -1.52. The monoisotopic (exact) mass is 326 g/mol. The SMILES string of the molecule is CCOC(=O)c1cn(N=C(C)C)c2c(F)c(F)c(F)cc2c1=O. The van der Waals surface area contributed by atoms with E-state index in [0.717, 1.165) is 10.9 Å². The Morgan fingerprint density at radius 3 is 2.48 bits per heavy atom. The van der Waals surface area contributed by atoms with Gasteiger partial charge in [-0.05, 0) is 26.8 Å². The summed E-state index contributed by atoms with van der Waals surface area (Å²) in [4.78, 5) is 24.1. The molecule has 2 rings (SSSR count). The van der Waals surface area contributed by atoms with E-state index in [-0.39, 0.29) is 6.61 Å². The van der Waals surface area contributed by atoms with Crippen molar-refractivity contribution in [2.24, 2.45) is 5.10 Å². The molecule has 0 radical (unpaired) electrons. The van der Waals surface area contributed by atoms with E-state index < -0.39 is 45.3 Å². The number of ether oxygens (including phenoxy) is 1. The molecule has 0 amide bonds. The van der Waals surface area contributed by atoms with Crippen LogP contribution in [0.3, 0.4) is 0 Å². The highest BCUT2D eigenvalue weighted by Gasteiger charge is 2.23. The number of fused-ring (bicyclic) bond motifs is 1. The third-order valence-electron chi connectivity index (χ3n) is 2.91. The van der Waals surface area contributed by atoms with Crippen LogP contribution in [0.5, 0.6) is 0 Å². The maximum Gasteiger partial charge on any atom is 0.343 e. The van der Waals surface area contributed by atoms with Gasteiger partial charge < -0.3 is 4.74 Å². The Morgan fingerprint density at radius 1 is 1.26 bits per heavy atom. The van der Waals surface area contributed by atoms with Gasteiger partial charge in [0.2, 0.25) is 5.43 Å². The fraction of sp³-hybridized carbons (Fsp3) is 0.267. The molecule has 0 unspecified atom stereocenters. The van der Waals surface area contributed by atoms with Gasteiger partial charge in [-0.1, -0.05) is 0 Å². The van der Waals surface area contributed by atoms with Crippen molar-refractivity contribution in [1.29, 1.82) is 0 Å². The molecule has 0 aliphatic rings. The van der Waals surface area contributed by atoms with E-state index in [1.807, 2.05) is 0 Å². The molecule has 0 aliphatic heterocycles. The van der Waals surface area contributed by atoms with Gasteiger partial charge in [-0.15, -0.1) is 0 Å². The molecule has 0 saturated heterocycles. The zero-order valence-corrected chi connectivity index (χ0v) is 12.6. The number of benzene rings is 1. The highest BCUT2D eigenvalue weighted by molar-refractivity contribution is 5.94. The first-order valence-electron chi connectivity index (χ1n) is 6.70. The van der Waals surface area contributed by atoms with Gasteiger partial charge in [-0.25, -0.2) is 22.6 Å². The molecule has 5 nitrogen and oxygen atoms in total. The fourth-order valence-electron chi connectivity index (χ4n) is 2.02. The van der Waals surface area contributed by atoms with Crippen LogP contribution >= 0.6 is 0 Å². The zero-order chi connectivity index (χ0) is 17.3. The van der Waals surface area contributed by atoms with Crippen molar-refractivity contribution in [2.75, 3.05) is 6.61 Å². The number of carbonyl (C=O) groups excluding carboxylic acids is 1. The molecule has 122 valence electrons. The Morgan fingerprint density at radius 2 is 1.91 bits per heavy atom. The van der Waals surface area contributed by atoms with Crippen molar-refractivity contribution in [1.82, 2.24) is 4.68 Å². The highest BCUT2D eigenvalue weighted by atomic mass is 19.2. The summed E-state index contributed by atoms with van der Waals surface area (Å²) in [6.45, 7) is 4.70. The Kier molecular flexibility index (Phi) is 4.53. The van der Waals surface area contributed by atoms with Crippen LogP contribution in [0.4, 0.5) is 13.2 Å². The molecule has 23 heavy (non-hydrogen) atoms. The third-order valence-corrected chi connectivity index (χ3v) is 2.91. The number of halogens is 3. The molecule has 0 spiro atoms. The number of pyridine rings is 1. The molecule has 8 heteroatoms. The number of hydrogen-bond acceptors (Lipinski definition) is 4. The van der Waals surface area contributed by atoms with Crippen LogP contribution < -0.4 is 5.43 Å². The lowest BCUT2D eigenvalue weighted by molar-refractivity contribution is 0.0524. The van der Waals surface area contributed by atoms with Gasteiger partial charge in [-0.3, -0.25) is 4.79 Å². The minimum Gasteiger partial charge on any atom is -0.462 e. The molecule has 0 atom stereocenters. The lowest BCUT2D eigenvalue weighted by Crippen LogP contribution is -2.21. The molecular formula is C15H13F3N2O3. The van der Waals surface area contributed by atoms with E-state index in [9.17, 15) is 22.8 Å². The fourth-order valence-corrected chi connectivity index (χ4v) is 2.02.